The molecule has 0 saturated heterocycles. The molecule has 0 amide bonds. The van der Waals surface area contributed by atoms with Gasteiger partial charge in [-0.3, -0.25) is 10.1 Å². The van der Waals surface area contributed by atoms with Crippen LogP contribution in [0.25, 0.3) is 0 Å². The lowest BCUT2D eigenvalue weighted by Gasteiger charge is -2.05. The lowest BCUT2D eigenvalue weighted by atomic mass is 10.3. The molecule has 0 atom stereocenters. The number of nitrogens with zero attached hydrogens (tertiary/aromatic N) is 3. The predicted octanol–water partition coefficient (Wildman–Crippen LogP) is 0.737. The molecule has 0 aliphatic carbocycles. The van der Waals surface area contributed by atoms with Crippen LogP contribution in [-0.4, -0.2) is 41.7 Å². The molecule has 1 rings (SSSR count). The summed E-state index contributed by atoms with van der Waals surface area (Å²) < 4.78 is 23.4. The summed E-state index contributed by atoms with van der Waals surface area (Å²) in [5.41, 5.74) is 0.377. The second-order valence-electron chi connectivity index (χ2n) is 4.29. The van der Waals surface area contributed by atoms with E-state index in [0.717, 1.165) is 6.26 Å². The number of aromatic nitrogens is 2. The van der Waals surface area contributed by atoms with Crippen molar-refractivity contribution in [1.29, 1.82) is 0 Å². The van der Waals surface area contributed by atoms with Crippen molar-refractivity contribution in [3.05, 3.63) is 15.8 Å². The van der Waals surface area contributed by atoms with E-state index in [0.29, 0.717) is 30.9 Å². The molecule has 8 nitrogen and oxygen atoms in total. The molecule has 1 aromatic heterocycles. The van der Waals surface area contributed by atoms with E-state index in [1.54, 1.807) is 14.0 Å². The summed E-state index contributed by atoms with van der Waals surface area (Å²) in [5, 5.41) is 18.0. The molecule has 0 unspecified atom stereocenters. The number of hydrogen-bond donors (Lipinski definition) is 1. The smallest absolute Gasteiger partial charge is 0.333 e. The lowest BCUT2D eigenvalue weighted by molar-refractivity contribution is -0.384. The van der Waals surface area contributed by atoms with E-state index in [1.807, 2.05) is 0 Å². The summed E-state index contributed by atoms with van der Waals surface area (Å²) in [7, 11) is -1.39. The van der Waals surface area contributed by atoms with Gasteiger partial charge in [-0.15, -0.1) is 0 Å². The molecular formula is C10H18N4O4S. The van der Waals surface area contributed by atoms with E-state index in [2.05, 4.69) is 10.4 Å². The number of nitrogens with one attached hydrogen (secondary N) is 1. The van der Waals surface area contributed by atoms with Gasteiger partial charge in [0.1, 0.15) is 15.5 Å². The van der Waals surface area contributed by atoms with Crippen LogP contribution in [-0.2, 0) is 23.3 Å². The normalized spacial score (nSPS) is 11.5. The maximum atomic E-state index is 11.0. The van der Waals surface area contributed by atoms with Gasteiger partial charge in [0.2, 0.25) is 5.82 Å². The van der Waals surface area contributed by atoms with Gasteiger partial charge < -0.3 is 5.32 Å². The van der Waals surface area contributed by atoms with Gasteiger partial charge in [0.25, 0.3) is 0 Å². The zero-order chi connectivity index (χ0) is 14.6. The first-order valence-corrected chi connectivity index (χ1v) is 7.94. The number of nitro groups is 1. The summed E-state index contributed by atoms with van der Waals surface area (Å²) in [6.07, 6.45) is 2.02. The Morgan fingerprint density at radius 1 is 1.47 bits per heavy atom. The zero-order valence-corrected chi connectivity index (χ0v) is 12.0. The van der Waals surface area contributed by atoms with E-state index in [1.165, 1.54) is 4.68 Å². The molecule has 0 radical (unpaired) electrons. The maximum absolute atomic E-state index is 11.0. The minimum atomic E-state index is -3.01. The Bertz CT molecular complexity index is 564. The molecule has 0 bridgehead atoms. The molecule has 0 spiro atoms. The van der Waals surface area contributed by atoms with Gasteiger partial charge in [-0.25, -0.2) is 13.1 Å². The number of hydrogen-bond acceptors (Lipinski definition) is 6. The molecule has 1 aromatic rings. The van der Waals surface area contributed by atoms with Gasteiger partial charge in [-0.2, -0.15) is 5.10 Å². The number of anilines is 1. The molecule has 9 heteroatoms. The third kappa shape index (κ3) is 4.19. The highest BCUT2D eigenvalue weighted by molar-refractivity contribution is 7.90. The molecule has 1 heterocycles. The van der Waals surface area contributed by atoms with Crippen LogP contribution in [0.2, 0.25) is 0 Å². The quantitative estimate of drug-likeness (QED) is 0.451. The van der Waals surface area contributed by atoms with Gasteiger partial charge in [0, 0.05) is 19.8 Å². The monoisotopic (exact) mass is 290 g/mol. The van der Waals surface area contributed by atoms with Crippen LogP contribution in [0, 0.1) is 10.1 Å². The number of rotatable bonds is 7. The largest absolute Gasteiger partial charge is 0.365 e. The molecule has 0 saturated carbocycles. The van der Waals surface area contributed by atoms with Gasteiger partial charge in [0.15, 0.2) is 0 Å². The first-order chi connectivity index (χ1) is 8.76. The fourth-order valence-electron chi connectivity index (χ4n) is 1.74. The second-order valence-corrected chi connectivity index (χ2v) is 6.55. The maximum Gasteiger partial charge on any atom is 0.333 e. The van der Waals surface area contributed by atoms with Crippen molar-refractivity contribution in [3.8, 4) is 0 Å². The third-order valence-electron chi connectivity index (χ3n) is 2.59. The predicted molar refractivity (Wildman–Crippen MR) is 72.1 cm³/mol. The van der Waals surface area contributed by atoms with Crippen molar-refractivity contribution in [2.45, 2.75) is 19.8 Å². The van der Waals surface area contributed by atoms with Gasteiger partial charge >= 0.3 is 5.69 Å². The standard InChI is InChI=1S/C10H18N4O4S/c1-4-8-9(14(15)16)10(13(2)12-8)11-6-5-7-19(3,17)18/h11H,4-7H2,1-3H3. The van der Waals surface area contributed by atoms with Gasteiger partial charge in [0.05, 0.1) is 10.7 Å². The number of sulfone groups is 1. The molecular weight excluding hydrogens is 272 g/mol. The Kier molecular flexibility index (Phi) is 4.87. The highest BCUT2D eigenvalue weighted by atomic mass is 32.2. The van der Waals surface area contributed by atoms with E-state index in [4.69, 9.17) is 0 Å². The van der Waals surface area contributed by atoms with Crippen LogP contribution in [0.15, 0.2) is 0 Å². The molecule has 0 aliphatic heterocycles. The Morgan fingerprint density at radius 2 is 2.11 bits per heavy atom. The van der Waals surface area contributed by atoms with Crippen molar-refractivity contribution in [2.75, 3.05) is 23.9 Å². The van der Waals surface area contributed by atoms with E-state index >= 15 is 0 Å². The fourth-order valence-corrected chi connectivity index (χ4v) is 2.41. The zero-order valence-electron chi connectivity index (χ0n) is 11.2. The van der Waals surface area contributed by atoms with Gasteiger partial charge in [-0.05, 0) is 12.8 Å². The lowest BCUT2D eigenvalue weighted by Crippen LogP contribution is -2.12. The molecule has 19 heavy (non-hydrogen) atoms. The van der Waals surface area contributed by atoms with Crippen LogP contribution < -0.4 is 5.32 Å². The van der Waals surface area contributed by atoms with Crippen molar-refractivity contribution in [3.63, 3.8) is 0 Å². The second kappa shape index (κ2) is 6.00. The summed E-state index contributed by atoms with van der Waals surface area (Å²) in [6, 6.07) is 0. The minimum Gasteiger partial charge on any atom is -0.365 e. The summed E-state index contributed by atoms with van der Waals surface area (Å²) in [6.45, 7) is 2.14. The Labute approximate surface area is 111 Å². The first-order valence-electron chi connectivity index (χ1n) is 5.88. The van der Waals surface area contributed by atoms with Crippen LogP contribution in [0.3, 0.4) is 0 Å². The van der Waals surface area contributed by atoms with Crippen molar-refractivity contribution in [1.82, 2.24) is 9.78 Å². The third-order valence-corrected chi connectivity index (χ3v) is 3.62. The fraction of sp³-hybridized carbons (Fsp3) is 0.700. The summed E-state index contributed by atoms with van der Waals surface area (Å²) >= 11 is 0. The first kappa shape index (κ1) is 15.4. The molecule has 0 aromatic carbocycles. The van der Waals surface area contributed by atoms with Gasteiger partial charge in [-0.1, -0.05) is 6.92 Å². The Balaban J connectivity index is 2.78. The number of aryl methyl sites for hydroxylation is 2. The Morgan fingerprint density at radius 3 is 2.58 bits per heavy atom. The molecule has 0 aliphatic rings. The Hall–Kier alpha value is -1.64. The van der Waals surface area contributed by atoms with E-state index < -0.39 is 14.8 Å². The highest BCUT2D eigenvalue weighted by Crippen LogP contribution is 2.28. The topological polar surface area (TPSA) is 107 Å². The van der Waals surface area contributed by atoms with E-state index in [-0.39, 0.29) is 11.4 Å². The summed E-state index contributed by atoms with van der Waals surface area (Å²) in [4.78, 5) is 10.6. The average Bonchev–Trinajstić information content (AvgIpc) is 2.60. The SMILES string of the molecule is CCc1nn(C)c(NCCCS(C)(=O)=O)c1[N+](=O)[O-]. The molecule has 0 fully saturated rings. The highest BCUT2D eigenvalue weighted by Gasteiger charge is 2.25. The molecule has 1 N–H and O–H groups in total. The van der Waals surface area contributed by atoms with Crippen LogP contribution in [0.5, 0.6) is 0 Å². The van der Waals surface area contributed by atoms with Crippen LogP contribution in [0.1, 0.15) is 19.0 Å². The van der Waals surface area contributed by atoms with Crippen molar-refractivity contribution in [2.24, 2.45) is 7.05 Å². The van der Waals surface area contributed by atoms with Crippen LogP contribution >= 0.6 is 0 Å². The van der Waals surface area contributed by atoms with Crippen molar-refractivity contribution < 1.29 is 13.3 Å². The summed E-state index contributed by atoms with van der Waals surface area (Å²) in [5.74, 6) is 0.363. The molecule has 108 valence electrons. The van der Waals surface area contributed by atoms with Crippen molar-refractivity contribution >= 4 is 21.3 Å². The van der Waals surface area contributed by atoms with E-state index in [9.17, 15) is 18.5 Å². The average molecular weight is 290 g/mol. The van der Waals surface area contributed by atoms with Crippen LogP contribution in [0.4, 0.5) is 11.5 Å². The minimum absolute atomic E-state index is 0.0376.